The minimum Gasteiger partial charge on any atom is -0.373 e. The Bertz CT molecular complexity index is 389. The van der Waals surface area contributed by atoms with Crippen molar-refractivity contribution < 1.29 is 4.74 Å². The maximum Gasteiger partial charge on any atom is 0.0678 e. The van der Waals surface area contributed by atoms with Crippen molar-refractivity contribution in [3.05, 3.63) is 41.5 Å². The van der Waals surface area contributed by atoms with Gasteiger partial charge in [-0.2, -0.15) is 0 Å². The molecule has 98 valence electrons. The minimum absolute atomic E-state index is 0.346. The number of benzene rings is 1. The van der Waals surface area contributed by atoms with Crippen molar-refractivity contribution in [1.29, 1.82) is 0 Å². The summed E-state index contributed by atoms with van der Waals surface area (Å²) in [5.74, 6) is 0. The van der Waals surface area contributed by atoms with E-state index in [9.17, 15) is 0 Å². The van der Waals surface area contributed by atoms with Crippen LogP contribution in [-0.4, -0.2) is 36.7 Å². The first-order chi connectivity index (χ1) is 8.63. The molecule has 1 fully saturated rings. The van der Waals surface area contributed by atoms with Gasteiger partial charge in [0.1, 0.15) is 0 Å². The van der Waals surface area contributed by atoms with Crippen LogP contribution in [0.2, 0.25) is 0 Å². The molecule has 0 unspecified atom stereocenters. The van der Waals surface area contributed by atoms with Crippen LogP contribution in [0.5, 0.6) is 0 Å². The Labute approximate surface area is 110 Å². The fourth-order valence-corrected chi connectivity index (χ4v) is 2.65. The van der Waals surface area contributed by atoms with Crippen molar-refractivity contribution in [2.24, 2.45) is 0 Å². The molecule has 1 aliphatic heterocycles. The maximum absolute atomic E-state index is 5.76. The minimum atomic E-state index is 0.346. The van der Waals surface area contributed by atoms with Gasteiger partial charge in [0.15, 0.2) is 0 Å². The number of ether oxygens (including phenoxy) is 1. The molecule has 0 aliphatic carbocycles. The Morgan fingerprint density at radius 1 is 1.22 bits per heavy atom. The number of hydrogen-bond acceptors (Lipinski definition) is 2. The van der Waals surface area contributed by atoms with E-state index in [2.05, 4.69) is 62.1 Å². The fraction of sp³-hybridized carbons (Fsp3) is 0.500. The molecular weight excluding hydrogens is 222 g/mol. The molecule has 0 bridgehead atoms. The van der Waals surface area contributed by atoms with Gasteiger partial charge in [-0.05, 0) is 26.3 Å². The highest BCUT2D eigenvalue weighted by Crippen LogP contribution is 2.13. The highest BCUT2D eigenvalue weighted by molar-refractivity contribution is 5.52. The fourth-order valence-electron chi connectivity index (χ4n) is 2.65. The van der Waals surface area contributed by atoms with Crippen LogP contribution >= 0.6 is 0 Å². The van der Waals surface area contributed by atoms with Gasteiger partial charge < -0.3 is 4.74 Å². The van der Waals surface area contributed by atoms with Gasteiger partial charge in [-0.15, -0.1) is 0 Å². The van der Waals surface area contributed by atoms with Crippen molar-refractivity contribution in [3.8, 4) is 0 Å². The molecule has 2 heteroatoms. The summed E-state index contributed by atoms with van der Waals surface area (Å²) in [6.45, 7) is 9.61. The van der Waals surface area contributed by atoms with Crippen LogP contribution in [0.15, 0.2) is 35.9 Å². The van der Waals surface area contributed by atoms with Gasteiger partial charge in [-0.25, -0.2) is 0 Å². The summed E-state index contributed by atoms with van der Waals surface area (Å²) >= 11 is 0. The molecule has 0 N–H and O–H groups in total. The molecule has 0 saturated carbocycles. The lowest BCUT2D eigenvalue weighted by molar-refractivity contribution is -0.0652. The Morgan fingerprint density at radius 3 is 2.44 bits per heavy atom. The van der Waals surface area contributed by atoms with Gasteiger partial charge in [0, 0.05) is 19.6 Å². The highest BCUT2D eigenvalue weighted by atomic mass is 16.5. The standard InChI is InChI=1S/C16H23NO/c1-13(9-16-7-5-4-6-8-16)10-17-11-14(2)18-15(3)12-17/h4-9,14-15H,10-12H2,1-3H3/b13-9+/t14-,15+. The molecule has 18 heavy (non-hydrogen) atoms. The largest absolute Gasteiger partial charge is 0.373 e. The topological polar surface area (TPSA) is 12.5 Å². The van der Waals surface area contributed by atoms with Crippen molar-refractivity contribution in [2.75, 3.05) is 19.6 Å². The third-order valence-electron chi connectivity index (χ3n) is 3.18. The Balaban J connectivity index is 1.94. The Kier molecular flexibility index (Phi) is 4.56. The van der Waals surface area contributed by atoms with E-state index in [0.29, 0.717) is 12.2 Å². The van der Waals surface area contributed by atoms with Crippen molar-refractivity contribution in [3.63, 3.8) is 0 Å². The van der Waals surface area contributed by atoms with Gasteiger partial charge in [0.05, 0.1) is 12.2 Å². The predicted molar refractivity (Wildman–Crippen MR) is 76.5 cm³/mol. The van der Waals surface area contributed by atoms with Crippen LogP contribution in [0.25, 0.3) is 6.08 Å². The third-order valence-corrected chi connectivity index (χ3v) is 3.18. The molecule has 1 aliphatic rings. The van der Waals surface area contributed by atoms with Gasteiger partial charge in [0.2, 0.25) is 0 Å². The zero-order valence-electron chi connectivity index (χ0n) is 11.6. The number of morpholine rings is 1. The van der Waals surface area contributed by atoms with Gasteiger partial charge in [0.25, 0.3) is 0 Å². The van der Waals surface area contributed by atoms with E-state index in [0.717, 1.165) is 19.6 Å². The zero-order valence-corrected chi connectivity index (χ0v) is 11.6. The molecule has 1 saturated heterocycles. The SMILES string of the molecule is C/C(=C\c1ccccc1)CN1C[C@@H](C)O[C@@H](C)C1. The van der Waals surface area contributed by atoms with E-state index in [4.69, 9.17) is 4.74 Å². The quantitative estimate of drug-likeness (QED) is 0.811. The summed E-state index contributed by atoms with van der Waals surface area (Å²) < 4.78 is 5.76. The predicted octanol–water partition coefficient (Wildman–Crippen LogP) is 3.20. The first-order valence-electron chi connectivity index (χ1n) is 6.73. The number of rotatable bonds is 3. The summed E-state index contributed by atoms with van der Waals surface area (Å²) in [4.78, 5) is 2.48. The molecule has 2 atom stereocenters. The normalized spacial score (nSPS) is 26.3. The van der Waals surface area contributed by atoms with E-state index in [1.165, 1.54) is 11.1 Å². The van der Waals surface area contributed by atoms with E-state index in [1.54, 1.807) is 0 Å². The lowest BCUT2D eigenvalue weighted by Gasteiger charge is -2.35. The van der Waals surface area contributed by atoms with E-state index in [1.807, 2.05) is 0 Å². The van der Waals surface area contributed by atoms with Crippen LogP contribution < -0.4 is 0 Å². The molecule has 0 amide bonds. The lowest BCUT2D eigenvalue weighted by atomic mass is 10.1. The Morgan fingerprint density at radius 2 is 1.83 bits per heavy atom. The lowest BCUT2D eigenvalue weighted by Crippen LogP contribution is -2.45. The van der Waals surface area contributed by atoms with Crippen molar-refractivity contribution >= 4 is 6.08 Å². The van der Waals surface area contributed by atoms with Gasteiger partial charge >= 0.3 is 0 Å². The van der Waals surface area contributed by atoms with Crippen molar-refractivity contribution in [1.82, 2.24) is 4.90 Å². The first kappa shape index (κ1) is 13.3. The summed E-state index contributed by atoms with van der Waals surface area (Å²) in [7, 11) is 0. The second-order valence-corrected chi connectivity index (χ2v) is 5.35. The second-order valence-electron chi connectivity index (χ2n) is 5.35. The van der Waals surface area contributed by atoms with E-state index in [-0.39, 0.29) is 0 Å². The molecule has 0 spiro atoms. The summed E-state index contributed by atoms with van der Waals surface area (Å²) in [5.41, 5.74) is 2.69. The monoisotopic (exact) mass is 245 g/mol. The molecular formula is C16H23NO. The molecule has 1 heterocycles. The molecule has 2 nitrogen and oxygen atoms in total. The first-order valence-corrected chi connectivity index (χ1v) is 6.73. The van der Waals surface area contributed by atoms with Gasteiger partial charge in [-0.1, -0.05) is 42.0 Å². The number of nitrogens with zero attached hydrogens (tertiary/aromatic N) is 1. The van der Waals surface area contributed by atoms with E-state index < -0.39 is 0 Å². The average molecular weight is 245 g/mol. The van der Waals surface area contributed by atoms with Gasteiger partial charge in [-0.3, -0.25) is 4.90 Å². The number of hydrogen-bond donors (Lipinski definition) is 0. The second kappa shape index (κ2) is 6.17. The van der Waals surface area contributed by atoms with Crippen LogP contribution in [0.4, 0.5) is 0 Å². The highest BCUT2D eigenvalue weighted by Gasteiger charge is 2.21. The molecule has 1 aromatic rings. The summed E-state index contributed by atoms with van der Waals surface area (Å²) in [6.07, 6.45) is 2.96. The van der Waals surface area contributed by atoms with E-state index >= 15 is 0 Å². The molecule has 1 aromatic carbocycles. The molecule has 0 radical (unpaired) electrons. The van der Waals surface area contributed by atoms with Crippen LogP contribution in [0.1, 0.15) is 26.3 Å². The summed E-state index contributed by atoms with van der Waals surface area (Å²) in [6, 6.07) is 10.5. The average Bonchev–Trinajstić information content (AvgIpc) is 2.28. The van der Waals surface area contributed by atoms with Crippen LogP contribution in [-0.2, 0) is 4.74 Å². The van der Waals surface area contributed by atoms with Crippen LogP contribution in [0.3, 0.4) is 0 Å². The van der Waals surface area contributed by atoms with Crippen LogP contribution in [0, 0.1) is 0 Å². The third kappa shape index (κ3) is 3.97. The zero-order chi connectivity index (χ0) is 13.0. The molecule has 2 rings (SSSR count). The van der Waals surface area contributed by atoms with Crippen molar-refractivity contribution in [2.45, 2.75) is 33.0 Å². The maximum atomic E-state index is 5.76. The Hall–Kier alpha value is -1.12. The molecule has 0 aromatic heterocycles. The summed E-state index contributed by atoms with van der Waals surface area (Å²) in [5, 5.41) is 0. The smallest absolute Gasteiger partial charge is 0.0678 e.